The van der Waals surface area contributed by atoms with E-state index in [9.17, 15) is 19.2 Å². The molecule has 0 aromatic carbocycles. The molecule has 1 unspecified atom stereocenters. The zero-order valence-electron chi connectivity index (χ0n) is 11.6. The van der Waals surface area contributed by atoms with Crippen LogP contribution >= 0.6 is 0 Å². The molecule has 2 aliphatic rings. The van der Waals surface area contributed by atoms with Crippen molar-refractivity contribution in [1.29, 1.82) is 0 Å². The molecule has 0 spiro atoms. The van der Waals surface area contributed by atoms with Gasteiger partial charge in [0.05, 0.1) is 12.0 Å². The predicted molar refractivity (Wildman–Crippen MR) is 74.0 cm³/mol. The van der Waals surface area contributed by atoms with Crippen molar-refractivity contribution in [2.75, 3.05) is 0 Å². The van der Waals surface area contributed by atoms with E-state index in [1.54, 1.807) is 13.0 Å². The Morgan fingerprint density at radius 3 is 2.62 bits per heavy atom. The van der Waals surface area contributed by atoms with E-state index in [1.807, 2.05) is 0 Å². The number of hydrogen-bond acceptors (Lipinski definition) is 5. The summed E-state index contributed by atoms with van der Waals surface area (Å²) in [6, 6.07) is -0.950. The molecule has 1 N–H and O–H groups in total. The van der Waals surface area contributed by atoms with Gasteiger partial charge < -0.3 is 0 Å². The Morgan fingerprint density at radius 2 is 2.05 bits per heavy atom. The molecule has 0 aromatic rings. The number of rotatable bonds is 2. The predicted octanol–water partition coefficient (Wildman–Crippen LogP) is 0.0813. The third-order valence-corrected chi connectivity index (χ3v) is 3.50. The lowest BCUT2D eigenvalue weighted by atomic mass is 9.93. The van der Waals surface area contributed by atoms with Gasteiger partial charge in [-0.25, -0.2) is 0 Å². The number of hydrogen-bond donors (Lipinski definition) is 1. The first-order valence-corrected chi connectivity index (χ1v) is 6.51. The number of piperidine rings is 2. The van der Waals surface area contributed by atoms with E-state index in [0.717, 1.165) is 4.90 Å². The van der Waals surface area contributed by atoms with Gasteiger partial charge in [0.1, 0.15) is 6.04 Å². The van der Waals surface area contributed by atoms with Crippen LogP contribution in [-0.2, 0) is 19.2 Å². The molecule has 2 rings (SSSR count). The highest BCUT2D eigenvalue weighted by molar-refractivity contribution is 6.15. The lowest BCUT2D eigenvalue weighted by Crippen LogP contribution is -2.58. The monoisotopic (exact) mass is 289 g/mol. The fraction of sp³-hybridized carbons (Fsp3) is 0.357. The molecule has 110 valence electrons. The molecule has 0 aliphatic carbocycles. The second-order valence-corrected chi connectivity index (χ2v) is 4.75. The van der Waals surface area contributed by atoms with Gasteiger partial charge in [-0.2, -0.15) is 0 Å². The molecule has 2 heterocycles. The van der Waals surface area contributed by atoms with Crippen LogP contribution in [0.15, 0.2) is 28.4 Å². The van der Waals surface area contributed by atoms with Crippen LogP contribution in [0.1, 0.15) is 26.2 Å². The first-order valence-electron chi connectivity index (χ1n) is 6.51. The van der Waals surface area contributed by atoms with Gasteiger partial charge in [-0.1, -0.05) is 6.08 Å². The Kier molecular flexibility index (Phi) is 4.11. The number of carbonyl (C=O) groups is 4. The van der Waals surface area contributed by atoms with Crippen molar-refractivity contribution in [1.82, 2.24) is 10.2 Å². The van der Waals surface area contributed by atoms with Crippen molar-refractivity contribution < 1.29 is 19.2 Å². The Morgan fingerprint density at radius 1 is 1.33 bits per heavy atom. The average Bonchev–Trinajstić information content (AvgIpc) is 2.44. The number of imide groups is 2. The minimum atomic E-state index is -0.950. The molecule has 2 aliphatic heterocycles. The summed E-state index contributed by atoms with van der Waals surface area (Å²) in [5, 5.41) is 2.15. The van der Waals surface area contributed by atoms with E-state index in [-0.39, 0.29) is 24.8 Å². The zero-order valence-corrected chi connectivity index (χ0v) is 11.6. The first kappa shape index (κ1) is 14.8. The molecule has 0 aromatic heterocycles. The molecular formula is C14H15N3O4. The molecule has 0 bridgehead atoms. The molecule has 7 heteroatoms. The van der Waals surface area contributed by atoms with E-state index >= 15 is 0 Å². The molecule has 1 atom stereocenters. The maximum Gasteiger partial charge on any atom is 0.263 e. The average molecular weight is 289 g/mol. The summed E-state index contributed by atoms with van der Waals surface area (Å²) in [5.41, 5.74) is 0.803. The summed E-state index contributed by atoms with van der Waals surface area (Å²) in [4.78, 5) is 52.2. The largest absolute Gasteiger partial charge is 0.295 e. The van der Waals surface area contributed by atoms with Crippen molar-refractivity contribution in [2.45, 2.75) is 32.2 Å². The quantitative estimate of drug-likeness (QED) is 0.442. The van der Waals surface area contributed by atoms with Crippen LogP contribution in [0.2, 0.25) is 0 Å². The van der Waals surface area contributed by atoms with Crippen molar-refractivity contribution in [3.8, 4) is 0 Å². The fourth-order valence-corrected chi connectivity index (χ4v) is 2.45. The van der Waals surface area contributed by atoms with Crippen LogP contribution < -0.4 is 5.32 Å². The van der Waals surface area contributed by atoms with Crippen molar-refractivity contribution in [3.05, 3.63) is 23.4 Å². The van der Waals surface area contributed by atoms with Crippen LogP contribution in [0.4, 0.5) is 0 Å². The summed E-state index contributed by atoms with van der Waals surface area (Å²) in [7, 11) is 0. The molecule has 21 heavy (non-hydrogen) atoms. The molecule has 0 radical (unpaired) electrons. The van der Waals surface area contributed by atoms with Gasteiger partial charge in [-0.3, -0.25) is 34.4 Å². The first-order chi connectivity index (χ1) is 9.99. The van der Waals surface area contributed by atoms with Crippen LogP contribution in [0.3, 0.4) is 0 Å². The van der Waals surface area contributed by atoms with E-state index < -0.39 is 29.7 Å². The lowest BCUT2D eigenvalue weighted by molar-refractivity contribution is -0.154. The molecule has 2 fully saturated rings. The maximum absolute atomic E-state index is 12.5. The van der Waals surface area contributed by atoms with Crippen LogP contribution in [0.25, 0.3) is 0 Å². The smallest absolute Gasteiger partial charge is 0.263 e. The van der Waals surface area contributed by atoms with Crippen molar-refractivity contribution in [2.24, 2.45) is 4.99 Å². The highest BCUT2D eigenvalue weighted by Crippen LogP contribution is 2.28. The van der Waals surface area contributed by atoms with Gasteiger partial charge >= 0.3 is 0 Å². The molecule has 4 amide bonds. The summed E-state index contributed by atoms with van der Waals surface area (Å²) < 4.78 is 0. The van der Waals surface area contributed by atoms with Crippen molar-refractivity contribution >= 4 is 30.3 Å². The Balaban J connectivity index is 2.35. The maximum atomic E-state index is 12.5. The topological polar surface area (TPSA) is 95.9 Å². The van der Waals surface area contributed by atoms with E-state index in [0.29, 0.717) is 5.57 Å². The number of aliphatic imine (C=N–C) groups is 1. The van der Waals surface area contributed by atoms with Gasteiger partial charge in [0, 0.05) is 12.6 Å². The zero-order chi connectivity index (χ0) is 15.6. The highest BCUT2D eigenvalue weighted by atomic mass is 16.2. The summed E-state index contributed by atoms with van der Waals surface area (Å²) in [6.45, 7) is 5.02. The van der Waals surface area contributed by atoms with Crippen LogP contribution in [0, 0.1) is 0 Å². The number of nitrogens with zero attached hydrogens (tertiary/aromatic N) is 2. The van der Waals surface area contributed by atoms with E-state index in [1.165, 1.54) is 6.20 Å². The minimum Gasteiger partial charge on any atom is -0.295 e. The second kappa shape index (κ2) is 5.82. The fourth-order valence-electron chi connectivity index (χ4n) is 2.45. The van der Waals surface area contributed by atoms with Gasteiger partial charge in [0.25, 0.3) is 5.91 Å². The molecule has 7 nitrogen and oxygen atoms in total. The summed E-state index contributed by atoms with van der Waals surface area (Å²) in [6.07, 6.45) is 3.20. The number of amides is 4. The Labute approximate surface area is 121 Å². The van der Waals surface area contributed by atoms with Gasteiger partial charge in [0.2, 0.25) is 17.7 Å². The van der Waals surface area contributed by atoms with Gasteiger partial charge in [-0.05, 0) is 25.6 Å². The number of carbonyl (C=O) groups excluding carboxylic acids is 4. The second-order valence-electron chi connectivity index (χ2n) is 4.75. The molecular weight excluding hydrogens is 274 g/mol. The normalized spacial score (nSPS) is 27.3. The number of likely N-dealkylation sites (tertiary alicyclic amines) is 1. The van der Waals surface area contributed by atoms with E-state index in [4.69, 9.17) is 0 Å². The SMILES string of the molecule is C=N/C=C1/C(=O)N(C2CCC(=O)NC2=O)C(=O)C/C1=C/C. The van der Waals surface area contributed by atoms with Crippen LogP contribution in [-0.4, -0.2) is 41.3 Å². The third-order valence-electron chi connectivity index (χ3n) is 3.50. The van der Waals surface area contributed by atoms with Gasteiger partial charge in [-0.15, -0.1) is 0 Å². The van der Waals surface area contributed by atoms with Crippen molar-refractivity contribution in [3.63, 3.8) is 0 Å². The van der Waals surface area contributed by atoms with Crippen LogP contribution in [0.5, 0.6) is 0 Å². The highest BCUT2D eigenvalue weighted by Gasteiger charge is 2.42. The standard InChI is InChI=1S/C14H15N3O4/c1-3-8-6-12(19)17(14(21)9(8)7-15-2)10-4-5-11(18)16-13(10)20/h3,7,10H,2,4-6H2,1H3,(H,16,18,20)/b8-3-,9-7+. The summed E-state index contributed by atoms with van der Waals surface area (Å²) in [5.74, 6) is -2.06. The number of nitrogens with one attached hydrogen (secondary N) is 1. The van der Waals surface area contributed by atoms with E-state index in [2.05, 4.69) is 17.0 Å². The minimum absolute atomic E-state index is 0.0152. The summed E-state index contributed by atoms with van der Waals surface area (Å²) >= 11 is 0. The Hall–Kier alpha value is -2.57. The number of allylic oxidation sites excluding steroid dienone is 1. The Bertz CT molecular complexity index is 603. The molecule has 2 saturated heterocycles. The molecule has 0 saturated carbocycles. The lowest BCUT2D eigenvalue weighted by Gasteiger charge is -2.35. The third kappa shape index (κ3) is 2.67. The van der Waals surface area contributed by atoms with Gasteiger partial charge in [0.15, 0.2) is 0 Å².